The van der Waals surface area contributed by atoms with Crippen molar-refractivity contribution in [2.75, 3.05) is 0 Å². The van der Waals surface area contributed by atoms with Gasteiger partial charge in [-0.25, -0.2) is 0 Å². The molecule has 0 amide bonds. The van der Waals surface area contributed by atoms with Crippen molar-refractivity contribution >= 4 is 32.8 Å². The number of aliphatic carboxylic acids is 1. The number of aromatic amines is 1. The van der Waals surface area contributed by atoms with Crippen LogP contribution >= 0.6 is 15.9 Å². The van der Waals surface area contributed by atoms with Gasteiger partial charge in [-0.2, -0.15) is 5.10 Å². The van der Waals surface area contributed by atoms with Gasteiger partial charge in [0.2, 0.25) is 0 Å². The Morgan fingerprint density at radius 2 is 2.17 bits per heavy atom. The van der Waals surface area contributed by atoms with E-state index < -0.39 is 24.6 Å². The number of nitrogens with zero attached hydrogens (tertiary/aromatic N) is 1. The number of rotatable bonds is 4. The molecule has 0 fully saturated rings. The fourth-order valence-electron chi connectivity index (χ4n) is 1.71. The molecule has 0 spiro atoms. The van der Waals surface area contributed by atoms with Gasteiger partial charge in [-0.05, 0) is 18.2 Å². The maximum Gasteiger partial charge on any atom is 0.306 e. The number of carboxylic acid groups (broad SMARTS) is 1. The molecule has 2 aromatic rings. The van der Waals surface area contributed by atoms with Crippen LogP contribution in [0.15, 0.2) is 22.7 Å². The third-order valence-electron chi connectivity index (χ3n) is 2.59. The van der Waals surface area contributed by atoms with Gasteiger partial charge in [-0.1, -0.05) is 15.9 Å². The van der Waals surface area contributed by atoms with Crippen molar-refractivity contribution in [3.8, 4) is 0 Å². The van der Waals surface area contributed by atoms with Crippen LogP contribution in [0, 0.1) is 0 Å². The summed E-state index contributed by atoms with van der Waals surface area (Å²) >= 11 is 3.30. The minimum atomic E-state index is -1.38. The number of carboxylic acids is 1. The first kappa shape index (κ1) is 13.0. The number of aliphatic hydroxyl groups is 2. The highest BCUT2D eigenvalue weighted by Crippen LogP contribution is 2.27. The standard InChI is InChI=1S/C11H11BrN2O4/c12-5-1-2-6-7(3-5)13-14-10(6)11(18)8(15)4-9(16)17/h1-3,8,11,15,18H,4H2,(H,13,14)(H,16,17). The van der Waals surface area contributed by atoms with Crippen molar-refractivity contribution in [1.82, 2.24) is 10.2 Å². The quantitative estimate of drug-likeness (QED) is 0.678. The van der Waals surface area contributed by atoms with Crippen LogP contribution in [0.25, 0.3) is 10.9 Å². The van der Waals surface area contributed by atoms with Gasteiger partial charge in [0.15, 0.2) is 0 Å². The second kappa shape index (κ2) is 5.05. The minimum absolute atomic E-state index is 0.311. The Bertz CT molecular complexity index is 583. The summed E-state index contributed by atoms with van der Waals surface area (Å²) in [6.07, 6.45) is -3.22. The number of halogens is 1. The van der Waals surface area contributed by atoms with Gasteiger partial charge in [0.1, 0.15) is 6.10 Å². The van der Waals surface area contributed by atoms with Crippen molar-refractivity contribution in [1.29, 1.82) is 0 Å². The summed E-state index contributed by atoms with van der Waals surface area (Å²) in [7, 11) is 0. The normalized spacial score (nSPS) is 14.6. The van der Waals surface area contributed by atoms with Gasteiger partial charge in [0.25, 0.3) is 0 Å². The molecule has 0 saturated carbocycles. The molecule has 7 heteroatoms. The number of fused-ring (bicyclic) bond motifs is 1. The molecule has 1 heterocycles. The molecule has 0 aliphatic heterocycles. The summed E-state index contributed by atoms with van der Waals surface area (Å²) in [6.45, 7) is 0. The molecule has 2 unspecified atom stereocenters. The lowest BCUT2D eigenvalue weighted by Crippen LogP contribution is -2.22. The molecule has 0 bridgehead atoms. The summed E-state index contributed by atoms with van der Waals surface area (Å²) in [6, 6.07) is 5.26. The van der Waals surface area contributed by atoms with Crippen LogP contribution in [0.5, 0.6) is 0 Å². The number of nitrogens with one attached hydrogen (secondary N) is 1. The van der Waals surface area contributed by atoms with E-state index in [1.807, 2.05) is 0 Å². The van der Waals surface area contributed by atoms with E-state index in [0.29, 0.717) is 16.6 Å². The average molecular weight is 315 g/mol. The number of aromatic nitrogens is 2. The molecular weight excluding hydrogens is 304 g/mol. The lowest BCUT2D eigenvalue weighted by molar-refractivity contribution is -0.141. The first-order valence-corrected chi connectivity index (χ1v) is 6.00. The molecule has 0 aliphatic rings. The summed E-state index contributed by atoms with van der Waals surface area (Å²) in [4.78, 5) is 10.5. The van der Waals surface area contributed by atoms with Gasteiger partial charge in [0.05, 0.1) is 23.7 Å². The molecule has 0 radical (unpaired) electrons. The predicted molar refractivity (Wildman–Crippen MR) is 67.0 cm³/mol. The summed E-state index contributed by atoms with van der Waals surface area (Å²) < 4.78 is 0.841. The Hall–Kier alpha value is -1.44. The molecule has 0 aliphatic carbocycles. The molecule has 96 valence electrons. The van der Waals surface area contributed by atoms with Crippen molar-refractivity contribution in [2.45, 2.75) is 18.6 Å². The average Bonchev–Trinajstić information content (AvgIpc) is 2.69. The topological polar surface area (TPSA) is 106 Å². The zero-order valence-corrected chi connectivity index (χ0v) is 10.8. The molecule has 4 N–H and O–H groups in total. The van der Waals surface area contributed by atoms with Gasteiger partial charge >= 0.3 is 5.97 Å². The highest BCUT2D eigenvalue weighted by Gasteiger charge is 2.24. The van der Waals surface area contributed by atoms with E-state index >= 15 is 0 Å². The van der Waals surface area contributed by atoms with Crippen molar-refractivity contribution in [3.05, 3.63) is 28.4 Å². The third kappa shape index (κ3) is 2.53. The zero-order valence-electron chi connectivity index (χ0n) is 9.17. The zero-order chi connectivity index (χ0) is 13.3. The van der Waals surface area contributed by atoms with E-state index in [0.717, 1.165) is 4.47 Å². The summed E-state index contributed by atoms with van der Waals surface area (Å²) in [5.41, 5.74) is 0.937. The van der Waals surface area contributed by atoms with Crippen LogP contribution < -0.4 is 0 Å². The van der Waals surface area contributed by atoms with Crippen molar-refractivity contribution in [2.24, 2.45) is 0 Å². The molecule has 1 aromatic carbocycles. The van der Waals surface area contributed by atoms with Gasteiger partial charge in [-0.3, -0.25) is 9.89 Å². The van der Waals surface area contributed by atoms with Crippen LogP contribution in [0.2, 0.25) is 0 Å². The maximum absolute atomic E-state index is 10.5. The lowest BCUT2D eigenvalue weighted by atomic mass is 10.0. The predicted octanol–water partition coefficient (Wildman–Crippen LogP) is 1.19. The highest BCUT2D eigenvalue weighted by atomic mass is 79.9. The van der Waals surface area contributed by atoms with E-state index in [4.69, 9.17) is 5.11 Å². The SMILES string of the molecule is O=C(O)CC(O)C(O)c1[nH]nc2cc(Br)ccc12. The van der Waals surface area contributed by atoms with E-state index in [2.05, 4.69) is 26.1 Å². The van der Waals surface area contributed by atoms with Gasteiger partial charge in [0, 0.05) is 9.86 Å². The number of H-pyrrole nitrogens is 1. The number of hydrogen-bond acceptors (Lipinski definition) is 4. The Morgan fingerprint density at radius 1 is 1.44 bits per heavy atom. The van der Waals surface area contributed by atoms with Gasteiger partial charge < -0.3 is 15.3 Å². The number of carbonyl (C=O) groups is 1. The van der Waals surface area contributed by atoms with E-state index in [1.54, 1.807) is 18.2 Å². The maximum atomic E-state index is 10.5. The molecular formula is C11H11BrN2O4. The summed E-state index contributed by atoms with van der Waals surface area (Å²) in [5.74, 6) is -1.17. The Labute approximate surface area is 110 Å². The minimum Gasteiger partial charge on any atom is -0.481 e. The molecule has 2 rings (SSSR count). The monoisotopic (exact) mass is 314 g/mol. The lowest BCUT2D eigenvalue weighted by Gasteiger charge is -2.14. The van der Waals surface area contributed by atoms with Crippen LogP contribution in [-0.2, 0) is 4.79 Å². The Kier molecular flexibility index (Phi) is 3.65. The van der Waals surface area contributed by atoms with Crippen LogP contribution in [-0.4, -0.2) is 37.6 Å². The van der Waals surface area contributed by atoms with E-state index in [-0.39, 0.29) is 0 Å². The summed E-state index contributed by atoms with van der Waals surface area (Å²) in [5, 5.41) is 35.3. The first-order valence-electron chi connectivity index (χ1n) is 5.20. The highest BCUT2D eigenvalue weighted by molar-refractivity contribution is 9.10. The van der Waals surface area contributed by atoms with Crippen LogP contribution in [0.4, 0.5) is 0 Å². The third-order valence-corrected chi connectivity index (χ3v) is 3.08. The Morgan fingerprint density at radius 3 is 2.83 bits per heavy atom. The first-order chi connectivity index (χ1) is 8.49. The largest absolute Gasteiger partial charge is 0.481 e. The number of aliphatic hydroxyl groups excluding tert-OH is 2. The fourth-order valence-corrected chi connectivity index (χ4v) is 2.06. The second-order valence-electron chi connectivity index (χ2n) is 3.91. The second-order valence-corrected chi connectivity index (χ2v) is 4.82. The molecule has 18 heavy (non-hydrogen) atoms. The molecule has 0 saturated heterocycles. The van der Waals surface area contributed by atoms with Gasteiger partial charge in [-0.15, -0.1) is 0 Å². The van der Waals surface area contributed by atoms with E-state index in [9.17, 15) is 15.0 Å². The van der Waals surface area contributed by atoms with Crippen molar-refractivity contribution in [3.63, 3.8) is 0 Å². The molecule has 2 atom stereocenters. The number of hydrogen-bond donors (Lipinski definition) is 4. The fraction of sp³-hybridized carbons (Fsp3) is 0.273. The Balaban J connectivity index is 2.33. The number of benzene rings is 1. The van der Waals surface area contributed by atoms with Crippen molar-refractivity contribution < 1.29 is 20.1 Å². The smallest absolute Gasteiger partial charge is 0.306 e. The molecule has 6 nitrogen and oxygen atoms in total. The van der Waals surface area contributed by atoms with E-state index in [1.165, 1.54) is 0 Å². The molecule has 1 aromatic heterocycles. The van der Waals surface area contributed by atoms with Crippen LogP contribution in [0.1, 0.15) is 18.2 Å². The van der Waals surface area contributed by atoms with Crippen LogP contribution in [0.3, 0.4) is 0 Å².